The van der Waals surface area contributed by atoms with E-state index in [-0.39, 0.29) is 6.61 Å². The molecule has 0 fully saturated rings. The van der Waals surface area contributed by atoms with Gasteiger partial charge in [0.15, 0.2) is 0 Å². The molecule has 0 aromatic carbocycles. The summed E-state index contributed by atoms with van der Waals surface area (Å²) in [5.74, 6) is 0.697. The predicted octanol–water partition coefficient (Wildman–Crippen LogP) is 6.18. The van der Waals surface area contributed by atoms with Crippen LogP contribution in [0.1, 0.15) is 111 Å². The highest BCUT2D eigenvalue weighted by Crippen LogP contribution is 2.35. The summed E-state index contributed by atoms with van der Waals surface area (Å²) in [5.41, 5.74) is 5.42. The fourth-order valence-corrected chi connectivity index (χ4v) is 3.01. The van der Waals surface area contributed by atoms with Crippen molar-refractivity contribution in [2.24, 2.45) is 11.7 Å². The van der Waals surface area contributed by atoms with Gasteiger partial charge in [0.2, 0.25) is 0 Å². The highest BCUT2D eigenvalue weighted by molar-refractivity contribution is 7.46. The number of rotatable bonds is 17. The zero-order valence-corrected chi connectivity index (χ0v) is 18.5. The van der Waals surface area contributed by atoms with Gasteiger partial charge < -0.3 is 15.5 Å². The van der Waals surface area contributed by atoms with Crippen LogP contribution in [-0.2, 0) is 9.09 Å². The lowest BCUT2D eigenvalue weighted by molar-refractivity contribution is 0.193. The number of nitrogens with two attached hydrogens (primary N) is 1. The van der Waals surface area contributed by atoms with E-state index in [1.807, 2.05) is 0 Å². The molecule has 0 bridgehead atoms. The normalized spacial score (nSPS) is 11.5. The third-order valence-corrected chi connectivity index (χ3v) is 4.76. The molecule has 5 nitrogen and oxygen atoms in total. The van der Waals surface area contributed by atoms with Crippen LogP contribution >= 0.6 is 7.82 Å². The molecule has 0 unspecified atom stereocenters. The van der Waals surface area contributed by atoms with Crippen molar-refractivity contribution in [3.63, 3.8) is 0 Å². The van der Waals surface area contributed by atoms with Crippen molar-refractivity contribution in [3.05, 3.63) is 0 Å². The van der Waals surface area contributed by atoms with Crippen molar-refractivity contribution < 1.29 is 18.9 Å². The van der Waals surface area contributed by atoms with Crippen molar-refractivity contribution in [3.8, 4) is 0 Å². The summed E-state index contributed by atoms with van der Waals surface area (Å²) < 4.78 is 14.5. The SMILES string of the molecule is CC(C)CCCCCOP(=O)(O)O.CCCCCCCCCCCCN. The van der Waals surface area contributed by atoms with Gasteiger partial charge >= 0.3 is 7.82 Å². The molecule has 0 heterocycles. The van der Waals surface area contributed by atoms with Crippen LogP contribution in [0.15, 0.2) is 0 Å². The second-order valence-corrected chi connectivity index (χ2v) is 8.78. The van der Waals surface area contributed by atoms with E-state index in [4.69, 9.17) is 15.5 Å². The van der Waals surface area contributed by atoms with E-state index in [0.29, 0.717) is 5.92 Å². The molecule has 0 saturated heterocycles. The average Bonchev–Trinajstić information content (AvgIpc) is 2.56. The highest BCUT2D eigenvalue weighted by atomic mass is 31.2. The molecule has 160 valence electrons. The maximum absolute atomic E-state index is 10.2. The number of phosphoric acid groups is 1. The molecule has 0 saturated carbocycles. The van der Waals surface area contributed by atoms with Gasteiger partial charge in [0.05, 0.1) is 6.61 Å². The molecule has 4 N–H and O–H groups in total. The summed E-state index contributed by atoms with van der Waals surface area (Å²) in [6.45, 7) is 7.62. The molecular formula is C20H46NO4P. The molecule has 0 atom stereocenters. The Labute approximate surface area is 162 Å². The van der Waals surface area contributed by atoms with Crippen molar-refractivity contribution in [1.82, 2.24) is 0 Å². The van der Waals surface area contributed by atoms with Crippen LogP contribution in [0.5, 0.6) is 0 Å². The van der Waals surface area contributed by atoms with Gasteiger partial charge in [0.1, 0.15) is 0 Å². The first-order chi connectivity index (χ1) is 12.3. The quantitative estimate of drug-likeness (QED) is 0.202. The second kappa shape index (κ2) is 21.4. The molecule has 0 radical (unpaired) electrons. The van der Waals surface area contributed by atoms with Crippen molar-refractivity contribution in [1.29, 1.82) is 0 Å². The molecule has 0 aromatic heterocycles. The van der Waals surface area contributed by atoms with E-state index in [1.54, 1.807) is 0 Å². The molecule has 0 aromatic rings. The third-order valence-electron chi connectivity index (χ3n) is 4.24. The summed E-state index contributed by atoms with van der Waals surface area (Å²) in [5, 5.41) is 0. The minimum atomic E-state index is -4.23. The zero-order chi connectivity index (χ0) is 20.1. The average molecular weight is 396 g/mol. The maximum atomic E-state index is 10.2. The van der Waals surface area contributed by atoms with Crippen molar-refractivity contribution in [2.75, 3.05) is 13.2 Å². The van der Waals surface area contributed by atoms with E-state index < -0.39 is 7.82 Å². The Morgan fingerprint density at radius 1 is 0.808 bits per heavy atom. The van der Waals surface area contributed by atoms with E-state index in [0.717, 1.165) is 32.2 Å². The van der Waals surface area contributed by atoms with Crippen LogP contribution in [-0.4, -0.2) is 22.9 Å². The van der Waals surface area contributed by atoms with Crippen LogP contribution in [0.3, 0.4) is 0 Å². The van der Waals surface area contributed by atoms with Gasteiger partial charge in [-0.15, -0.1) is 0 Å². The molecule has 26 heavy (non-hydrogen) atoms. The number of hydrogen-bond acceptors (Lipinski definition) is 3. The van der Waals surface area contributed by atoms with Gasteiger partial charge in [-0.3, -0.25) is 4.52 Å². The molecule has 0 spiro atoms. The van der Waals surface area contributed by atoms with Crippen molar-refractivity contribution >= 4 is 7.82 Å². The summed E-state index contributed by atoms with van der Waals surface area (Å²) in [7, 11) is -4.23. The summed E-state index contributed by atoms with van der Waals surface area (Å²) in [6, 6.07) is 0. The highest BCUT2D eigenvalue weighted by Gasteiger charge is 2.12. The molecule has 0 amide bonds. The lowest BCUT2D eigenvalue weighted by Gasteiger charge is -2.05. The smallest absolute Gasteiger partial charge is 0.330 e. The van der Waals surface area contributed by atoms with Crippen LogP contribution in [0.25, 0.3) is 0 Å². The topological polar surface area (TPSA) is 92.8 Å². The van der Waals surface area contributed by atoms with E-state index in [2.05, 4.69) is 25.3 Å². The minimum Gasteiger partial charge on any atom is -0.330 e. The lowest BCUT2D eigenvalue weighted by atomic mass is 10.1. The van der Waals surface area contributed by atoms with Crippen LogP contribution in [0.4, 0.5) is 0 Å². The van der Waals surface area contributed by atoms with Crippen LogP contribution in [0, 0.1) is 5.92 Å². The van der Waals surface area contributed by atoms with Gasteiger partial charge in [0, 0.05) is 0 Å². The summed E-state index contributed by atoms with van der Waals surface area (Å²) >= 11 is 0. The van der Waals surface area contributed by atoms with E-state index >= 15 is 0 Å². The Kier molecular flexibility index (Phi) is 23.2. The zero-order valence-electron chi connectivity index (χ0n) is 17.6. The summed E-state index contributed by atoms with van der Waals surface area (Å²) in [6.07, 6.45) is 17.9. The second-order valence-electron chi connectivity index (χ2n) is 7.54. The van der Waals surface area contributed by atoms with Gasteiger partial charge in [-0.25, -0.2) is 4.57 Å². The van der Waals surface area contributed by atoms with Crippen molar-refractivity contribution in [2.45, 2.75) is 111 Å². The Morgan fingerprint density at radius 3 is 1.69 bits per heavy atom. The van der Waals surface area contributed by atoms with Gasteiger partial charge in [-0.1, -0.05) is 97.8 Å². The monoisotopic (exact) mass is 395 g/mol. The Morgan fingerprint density at radius 2 is 1.27 bits per heavy atom. The van der Waals surface area contributed by atoms with Crippen LogP contribution in [0.2, 0.25) is 0 Å². The Hall–Kier alpha value is 0.0700. The lowest BCUT2D eigenvalue weighted by Crippen LogP contribution is -1.97. The molecule has 0 rings (SSSR count). The molecule has 0 aliphatic heterocycles. The Bertz CT molecular complexity index is 298. The first kappa shape index (κ1) is 28.3. The predicted molar refractivity (Wildman–Crippen MR) is 112 cm³/mol. The van der Waals surface area contributed by atoms with Gasteiger partial charge in [-0.2, -0.15) is 0 Å². The molecular weight excluding hydrogens is 349 g/mol. The van der Waals surface area contributed by atoms with E-state index in [9.17, 15) is 4.57 Å². The minimum absolute atomic E-state index is 0.155. The fourth-order valence-electron chi connectivity index (χ4n) is 2.65. The third kappa shape index (κ3) is 31.8. The molecule has 0 aliphatic carbocycles. The fraction of sp³-hybridized carbons (Fsp3) is 1.00. The van der Waals surface area contributed by atoms with Gasteiger partial charge in [-0.05, 0) is 25.3 Å². The van der Waals surface area contributed by atoms with E-state index in [1.165, 1.54) is 64.2 Å². The maximum Gasteiger partial charge on any atom is 0.469 e. The summed E-state index contributed by atoms with van der Waals surface area (Å²) in [4.78, 5) is 16.7. The van der Waals surface area contributed by atoms with Crippen LogP contribution < -0.4 is 5.73 Å². The molecule has 0 aliphatic rings. The largest absolute Gasteiger partial charge is 0.469 e. The number of phosphoric ester groups is 1. The standard InChI is InChI=1S/C12H27N.C8H19O4P/c1-2-3-4-5-6-7-8-9-10-11-12-13;1-8(2)6-4-3-5-7-12-13(9,10)11/h2-13H2,1H3;8H,3-7H2,1-2H3,(H2,9,10,11). The number of unbranched alkanes of at least 4 members (excludes halogenated alkanes) is 11. The Balaban J connectivity index is 0. The van der Waals surface area contributed by atoms with Gasteiger partial charge in [0.25, 0.3) is 0 Å². The number of hydrogen-bond donors (Lipinski definition) is 3. The first-order valence-electron chi connectivity index (χ1n) is 10.7. The molecule has 6 heteroatoms. The first-order valence-corrected chi connectivity index (χ1v) is 12.3.